The predicted octanol–water partition coefficient (Wildman–Crippen LogP) is 2.81. The van der Waals surface area contributed by atoms with Crippen LogP contribution in [-0.2, 0) is 6.54 Å². The van der Waals surface area contributed by atoms with Gasteiger partial charge in [0, 0.05) is 44.5 Å². The Morgan fingerprint density at radius 2 is 1.85 bits per heavy atom. The molecule has 0 atom stereocenters. The smallest absolute Gasteiger partial charge is 0.254 e. The normalized spacial score (nSPS) is 15.7. The molecule has 0 saturated carbocycles. The lowest BCUT2D eigenvalue weighted by Gasteiger charge is -2.35. The van der Waals surface area contributed by atoms with Crippen molar-refractivity contribution >= 4 is 17.1 Å². The van der Waals surface area contributed by atoms with Crippen LogP contribution in [0.3, 0.4) is 0 Å². The quantitative estimate of drug-likeness (QED) is 0.467. The number of fused-ring (bicyclic) bond motifs is 2. The van der Waals surface area contributed by atoms with E-state index in [1.807, 2.05) is 54.3 Å². The minimum atomic E-state index is 0.0412. The largest absolute Gasteiger partial charge is 0.454 e. The minimum absolute atomic E-state index is 0.0412. The van der Waals surface area contributed by atoms with Crippen molar-refractivity contribution in [3.63, 3.8) is 0 Å². The maximum absolute atomic E-state index is 13.4. The zero-order valence-electron chi connectivity index (χ0n) is 18.8. The molecule has 0 N–H and O–H groups in total. The second-order valence-corrected chi connectivity index (χ2v) is 8.55. The average molecular weight is 457 g/mol. The number of piperazine rings is 1. The van der Waals surface area contributed by atoms with Gasteiger partial charge in [0.15, 0.2) is 17.1 Å². The summed E-state index contributed by atoms with van der Waals surface area (Å²) in [6.07, 6.45) is 1.72. The molecular weight excluding hydrogens is 432 g/mol. The van der Waals surface area contributed by atoms with E-state index in [1.54, 1.807) is 10.9 Å². The zero-order valence-corrected chi connectivity index (χ0v) is 18.8. The molecule has 172 valence electrons. The summed E-state index contributed by atoms with van der Waals surface area (Å²) < 4.78 is 12.6. The van der Waals surface area contributed by atoms with Crippen LogP contribution in [0, 0.1) is 6.92 Å². The molecule has 9 nitrogen and oxygen atoms in total. The van der Waals surface area contributed by atoms with Crippen molar-refractivity contribution in [2.75, 3.05) is 33.0 Å². The third-order valence-corrected chi connectivity index (χ3v) is 6.48. The summed E-state index contributed by atoms with van der Waals surface area (Å²) in [7, 11) is 0. The van der Waals surface area contributed by atoms with Crippen molar-refractivity contribution < 1.29 is 14.3 Å². The van der Waals surface area contributed by atoms with E-state index in [9.17, 15) is 4.79 Å². The van der Waals surface area contributed by atoms with Crippen LogP contribution >= 0.6 is 0 Å². The first-order valence-corrected chi connectivity index (χ1v) is 11.3. The van der Waals surface area contributed by atoms with Gasteiger partial charge < -0.3 is 14.4 Å². The Labute approximate surface area is 196 Å². The molecule has 6 rings (SSSR count). The van der Waals surface area contributed by atoms with Gasteiger partial charge in [0.05, 0.1) is 5.69 Å². The molecule has 1 amide bonds. The Bertz CT molecular complexity index is 1380. The van der Waals surface area contributed by atoms with Crippen molar-refractivity contribution in [1.82, 2.24) is 29.8 Å². The number of benzene rings is 2. The first-order chi connectivity index (χ1) is 16.7. The van der Waals surface area contributed by atoms with E-state index in [2.05, 4.69) is 26.3 Å². The van der Waals surface area contributed by atoms with Crippen molar-refractivity contribution in [2.45, 2.75) is 13.5 Å². The fourth-order valence-corrected chi connectivity index (χ4v) is 4.59. The lowest BCUT2D eigenvalue weighted by molar-refractivity contribution is 0.0627. The molecule has 0 radical (unpaired) electrons. The summed E-state index contributed by atoms with van der Waals surface area (Å²) in [5.41, 5.74) is 4.94. The number of pyridine rings is 1. The number of ether oxygens (including phenoxy) is 2. The zero-order chi connectivity index (χ0) is 23.1. The third-order valence-electron chi connectivity index (χ3n) is 6.48. The molecule has 4 aromatic rings. The van der Waals surface area contributed by atoms with Crippen LogP contribution in [0.15, 0.2) is 54.7 Å². The maximum atomic E-state index is 13.4. The van der Waals surface area contributed by atoms with Crippen molar-refractivity contribution in [1.29, 1.82) is 0 Å². The van der Waals surface area contributed by atoms with Gasteiger partial charge in [-0.25, -0.2) is 4.98 Å². The molecule has 0 unspecified atom stereocenters. The highest BCUT2D eigenvalue weighted by Gasteiger charge is 2.25. The standard InChI is InChI=1S/C25H24N6O3/c1-17-19(4-2-6-21(17)31-24-20(27-28-31)5-3-9-26-24)25(32)30-12-10-29(11-13-30)15-18-7-8-22-23(14-18)34-16-33-22/h2-9,14H,10-13,15-16H2,1H3. The van der Waals surface area contributed by atoms with E-state index in [-0.39, 0.29) is 12.7 Å². The number of hydrogen-bond acceptors (Lipinski definition) is 7. The van der Waals surface area contributed by atoms with Gasteiger partial charge in [-0.3, -0.25) is 9.69 Å². The highest BCUT2D eigenvalue weighted by Crippen LogP contribution is 2.33. The topological polar surface area (TPSA) is 85.6 Å². The van der Waals surface area contributed by atoms with Gasteiger partial charge in [0.25, 0.3) is 5.91 Å². The molecular formula is C25H24N6O3. The SMILES string of the molecule is Cc1c(C(=O)N2CCN(Cc3ccc4c(c3)OCO4)CC2)cccc1-n1nnc2cccnc21. The van der Waals surface area contributed by atoms with Gasteiger partial charge in [-0.2, -0.15) is 4.68 Å². The van der Waals surface area contributed by atoms with E-state index in [4.69, 9.17) is 9.47 Å². The summed E-state index contributed by atoms with van der Waals surface area (Å²) >= 11 is 0. The van der Waals surface area contributed by atoms with Crippen LogP contribution < -0.4 is 9.47 Å². The van der Waals surface area contributed by atoms with Crippen LogP contribution in [0.1, 0.15) is 21.5 Å². The molecule has 2 aromatic heterocycles. The summed E-state index contributed by atoms with van der Waals surface area (Å²) in [4.78, 5) is 22.1. The average Bonchev–Trinajstić information content (AvgIpc) is 3.51. The number of carbonyl (C=O) groups excluding carboxylic acids is 1. The lowest BCUT2D eigenvalue weighted by atomic mass is 10.0. The van der Waals surface area contributed by atoms with Crippen molar-refractivity contribution in [3.05, 3.63) is 71.4 Å². The van der Waals surface area contributed by atoms with Crippen molar-refractivity contribution in [2.24, 2.45) is 0 Å². The van der Waals surface area contributed by atoms with Crippen LogP contribution in [0.5, 0.6) is 11.5 Å². The Balaban J connectivity index is 1.16. The number of hydrogen-bond donors (Lipinski definition) is 0. The second kappa shape index (κ2) is 8.42. The van der Waals surface area contributed by atoms with Gasteiger partial charge in [0.2, 0.25) is 6.79 Å². The third kappa shape index (κ3) is 3.63. The Morgan fingerprint density at radius 3 is 2.74 bits per heavy atom. The molecule has 1 fully saturated rings. The van der Waals surface area contributed by atoms with E-state index < -0.39 is 0 Å². The Kier molecular flexibility index (Phi) is 5.10. The van der Waals surface area contributed by atoms with Gasteiger partial charge >= 0.3 is 0 Å². The van der Waals surface area contributed by atoms with E-state index >= 15 is 0 Å². The molecule has 2 aromatic carbocycles. The number of rotatable bonds is 4. The first kappa shape index (κ1) is 20.6. The van der Waals surface area contributed by atoms with Gasteiger partial charge in [-0.1, -0.05) is 17.3 Å². The minimum Gasteiger partial charge on any atom is -0.454 e. The summed E-state index contributed by atoms with van der Waals surface area (Å²) in [5.74, 6) is 1.64. The van der Waals surface area contributed by atoms with Crippen LogP contribution in [0.25, 0.3) is 16.9 Å². The van der Waals surface area contributed by atoms with Crippen molar-refractivity contribution in [3.8, 4) is 17.2 Å². The molecule has 9 heteroatoms. The first-order valence-electron chi connectivity index (χ1n) is 11.3. The van der Waals surface area contributed by atoms with Gasteiger partial charge in [0.1, 0.15) is 5.52 Å². The highest BCUT2D eigenvalue weighted by molar-refractivity contribution is 5.96. The van der Waals surface area contributed by atoms with E-state index in [0.29, 0.717) is 24.3 Å². The summed E-state index contributed by atoms with van der Waals surface area (Å²) in [6.45, 7) is 6.05. The lowest BCUT2D eigenvalue weighted by Crippen LogP contribution is -2.48. The summed E-state index contributed by atoms with van der Waals surface area (Å²) in [5, 5.41) is 8.46. The Morgan fingerprint density at radius 1 is 1.00 bits per heavy atom. The predicted molar refractivity (Wildman–Crippen MR) is 125 cm³/mol. The fourth-order valence-electron chi connectivity index (χ4n) is 4.59. The molecule has 4 heterocycles. The molecule has 0 bridgehead atoms. The molecule has 0 aliphatic carbocycles. The molecule has 2 aliphatic heterocycles. The number of carbonyl (C=O) groups is 1. The van der Waals surface area contributed by atoms with E-state index in [0.717, 1.165) is 47.9 Å². The number of nitrogens with zero attached hydrogens (tertiary/aromatic N) is 6. The van der Waals surface area contributed by atoms with Crippen LogP contribution in [0.4, 0.5) is 0 Å². The monoisotopic (exact) mass is 456 g/mol. The highest BCUT2D eigenvalue weighted by atomic mass is 16.7. The molecule has 0 spiro atoms. The Hall–Kier alpha value is -3.98. The second-order valence-electron chi connectivity index (χ2n) is 8.55. The maximum Gasteiger partial charge on any atom is 0.254 e. The molecule has 1 saturated heterocycles. The van der Waals surface area contributed by atoms with E-state index in [1.165, 1.54) is 5.56 Å². The molecule has 34 heavy (non-hydrogen) atoms. The number of aromatic nitrogens is 4. The van der Waals surface area contributed by atoms with Crippen LogP contribution in [0.2, 0.25) is 0 Å². The van der Waals surface area contributed by atoms with Crippen LogP contribution in [-0.4, -0.2) is 68.7 Å². The number of amides is 1. The fraction of sp³-hybridized carbons (Fsp3) is 0.280. The van der Waals surface area contributed by atoms with Gasteiger partial charge in [-0.05, 0) is 54.4 Å². The summed E-state index contributed by atoms with van der Waals surface area (Å²) in [6, 6.07) is 15.5. The molecule has 2 aliphatic rings. The van der Waals surface area contributed by atoms with Gasteiger partial charge in [-0.15, -0.1) is 5.10 Å².